The van der Waals surface area contributed by atoms with Crippen molar-refractivity contribution in [2.45, 2.75) is 24.4 Å². The minimum absolute atomic E-state index is 0.102. The third-order valence-electron chi connectivity index (χ3n) is 2.96. The van der Waals surface area contributed by atoms with E-state index in [0.717, 1.165) is 17.3 Å². The summed E-state index contributed by atoms with van der Waals surface area (Å²) in [4.78, 5) is 0. The van der Waals surface area contributed by atoms with Gasteiger partial charge in [0.2, 0.25) is 0 Å². The van der Waals surface area contributed by atoms with Crippen molar-refractivity contribution >= 4 is 15.9 Å². The molecule has 1 unspecified atom stereocenters. The van der Waals surface area contributed by atoms with Gasteiger partial charge in [0.15, 0.2) is 0 Å². The third kappa shape index (κ3) is 2.07. The van der Waals surface area contributed by atoms with Gasteiger partial charge in [-0.1, -0.05) is 15.9 Å². The summed E-state index contributed by atoms with van der Waals surface area (Å²) < 4.78 is 14.5. The fraction of sp³-hybridized carbons (Fsp3) is 0.455. The van der Waals surface area contributed by atoms with Gasteiger partial charge in [-0.3, -0.25) is 0 Å². The van der Waals surface area contributed by atoms with Crippen LogP contribution in [0, 0.1) is 5.82 Å². The Morgan fingerprint density at radius 3 is 2.73 bits per heavy atom. The molecule has 15 heavy (non-hydrogen) atoms. The standard InChI is InChI=1S/C11H14BrFN2/c1-15-10(11(14)4-5-11)8-6-7(12)2-3-9(8)13/h2-3,6,10,15H,4-5,14H2,1H3. The van der Waals surface area contributed by atoms with Gasteiger partial charge >= 0.3 is 0 Å². The lowest BCUT2D eigenvalue weighted by Gasteiger charge is -2.24. The zero-order valence-corrected chi connectivity index (χ0v) is 10.1. The molecule has 1 aliphatic carbocycles. The van der Waals surface area contributed by atoms with E-state index in [9.17, 15) is 4.39 Å². The lowest BCUT2D eigenvalue weighted by Crippen LogP contribution is -2.38. The molecule has 1 atom stereocenters. The summed E-state index contributed by atoms with van der Waals surface area (Å²) in [6, 6.07) is 4.86. The number of hydrogen-bond acceptors (Lipinski definition) is 2. The number of nitrogens with two attached hydrogens (primary N) is 1. The highest BCUT2D eigenvalue weighted by Crippen LogP contribution is 2.44. The van der Waals surface area contributed by atoms with Gasteiger partial charge in [-0.2, -0.15) is 0 Å². The van der Waals surface area contributed by atoms with Crippen molar-refractivity contribution in [3.8, 4) is 0 Å². The molecule has 1 fully saturated rings. The molecule has 82 valence electrons. The van der Waals surface area contributed by atoms with Crippen LogP contribution >= 0.6 is 15.9 Å². The number of nitrogens with one attached hydrogen (secondary N) is 1. The summed E-state index contributed by atoms with van der Waals surface area (Å²) in [5, 5.41) is 3.10. The van der Waals surface area contributed by atoms with Gasteiger partial charge in [-0.15, -0.1) is 0 Å². The average Bonchev–Trinajstić information content (AvgIpc) is 2.92. The number of likely N-dealkylation sites (N-methyl/N-ethyl adjacent to an activating group) is 1. The Balaban J connectivity index is 2.37. The molecule has 1 saturated carbocycles. The van der Waals surface area contributed by atoms with E-state index >= 15 is 0 Å². The van der Waals surface area contributed by atoms with Crippen LogP contribution < -0.4 is 11.1 Å². The van der Waals surface area contributed by atoms with Crippen molar-refractivity contribution in [3.63, 3.8) is 0 Å². The SMILES string of the molecule is CNC(c1cc(Br)ccc1F)C1(N)CC1. The van der Waals surface area contributed by atoms with Gasteiger partial charge in [0.25, 0.3) is 0 Å². The van der Waals surface area contributed by atoms with Crippen LogP contribution in [0.4, 0.5) is 4.39 Å². The summed E-state index contributed by atoms with van der Waals surface area (Å²) in [5.41, 5.74) is 6.49. The van der Waals surface area contributed by atoms with E-state index < -0.39 is 0 Å². The zero-order valence-electron chi connectivity index (χ0n) is 8.56. The van der Waals surface area contributed by atoms with Crippen molar-refractivity contribution in [2.24, 2.45) is 5.73 Å². The van der Waals surface area contributed by atoms with Gasteiger partial charge in [0, 0.05) is 15.6 Å². The smallest absolute Gasteiger partial charge is 0.128 e. The minimum atomic E-state index is -0.267. The maximum absolute atomic E-state index is 13.6. The second kappa shape index (κ2) is 3.85. The second-order valence-electron chi connectivity index (χ2n) is 4.12. The molecule has 0 heterocycles. The summed E-state index contributed by atoms with van der Waals surface area (Å²) in [5.74, 6) is -0.200. The van der Waals surface area contributed by atoms with E-state index in [1.54, 1.807) is 12.1 Å². The molecule has 0 bridgehead atoms. The Labute approximate surface area is 97.2 Å². The lowest BCUT2D eigenvalue weighted by atomic mass is 9.97. The van der Waals surface area contributed by atoms with Gasteiger partial charge in [-0.25, -0.2) is 4.39 Å². The van der Waals surface area contributed by atoms with Crippen LogP contribution in [-0.2, 0) is 0 Å². The molecule has 0 amide bonds. The van der Waals surface area contributed by atoms with Crippen molar-refractivity contribution in [2.75, 3.05) is 7.05 Å². The van der Waals surface area contributed by atoms with E-state index in [1.807, 2.05) is 7.05 Å². The van der Waals surface area contributed by atoms with Crippen LogP contribution in [0.1, 0.15) is 24.4 Å². The molecule has 2 rings (SSSR count). The predicted molar refractivity (Wildman–Crippen MR) is 62.1 cm³/mol. The molecule has 3 N–H and O–H groups in total. The predicted octanol–water partition coefficient (Wildman–Crippen LogP) is 2.34. The van der Waals surface area contributed by atoms with Crippen molar-refractivity contribution < 1.29 is 4.39 Å². The van der Waals surface area contributed by atoms with Gasteiger partial charge in [0.05, 0.1) is 6.04 Å². The van der Waals surface area contributed by atoms with E-state index in [2.05, 4.69) is 21.2 Å². The number of hydrogen-bond donors (Lipinski definition) is 2. The monoisotopic (exact) mass is 272 g/mol. The zero-order chi connectivity index (χ0) is 11.1. The van der Waals surface area contributed by atoms with Crippen molar-refractivity contribution in [1.29, 1.82) is 0 Å². The molecule has 1 aliphatic rings. The molecule has 0 aliphatic heterocycles. The maximum atomic E-state index is 13.6. The van der Waals surface area contributed by atoms with Crippen LogP contribution in [-0.4, -0.2) is 12.6 Å². The number of halogens is 2. The molecule has 0 radical (unpaired) electrons. The van der Waals surface area contributed by atoms with Gasteiger partial charge in [0.1, 0.15) is 5.82 Å². The van der Waals surface area contributed by atoms with Crippen LogP contribution in [0.15, 0.2) is 22.7 Å². The van der Waals surface area contributed by atoms with E-state index in [4.69, 9.17) is 5.73 Å². The first-order valence-electron chi connectivity index (χ1n) is 4.98. The fourth-order valence-electron chi connectivity index (χ4n) is 1.92. The molecular formula is C11H14BrFN2. The lowest BCUT2D eigenvalue weighted by molar-refractivity contribution is 0.440. The maximum Gasteiger partial charge on any atom is 0.128 e. The summed E-state index contributed by atoms with van der Waals surface area (Å²) in [7, 11) is 1.82. The van der Waals surface area contributed by atoms with Crippen LogP contribution in [0.25, 0.3) is 0 Å². The molecular weight excluding hydrogens is 259 g/mol. The van der Waals surface area contributed by atoms with Gasteiger partial charge < -0.3 is 11.1 Å². The number of benzene rings is 1. The first-order valence-corrected chi connectivity index (χ1v) is 5.77. The summed E-state index contributed by atoms with van der Waals surface area (Å²) in [6.45, 7) is 0. The molecule has 0 saturated heterocycles. The van der Waals surface area contributed by atoms with Crippen molar-refractivity contribution in [1.82, 2.24) is 5.32 Å². The largest absolute Gasteiger partial charge is 0.323 e. The van der Waals surface area contributed by atoms with Crippen LogP contribution in [0.3, 0.4) is 0 Å². The number of rotatable bonds is 3. The highest BCUT2D eigenvalue weighted by Gasteiger charge is 2.46. The fourth-order valence-corrected chi connectivity index (χ4v) is 2.30. The highest BCUT2D eigenvalue weighted by atomic mass is 79.9. The molecule has 2 nitrogen and oxygen atoms in total. The quantitative estimate of drug-likeness (QED) is 0.887. The Bertz CT molecular complexity index is 377. The second-order valence-corrected chi connectivity index (χ2v) is 5.04. The van der Waals surface area contributed by atoms with Crippen LogP contribution in [0.5, 0.6) is 0 Å². The summed E-state index contributed by atoms with van der Waals surface area (Å²) in [6.07, 6.45) is 1.90. The first-order chi connectivity index (χ1) is 7.07. The molecule has 1 aromatic carbocycles. The normalized spacial score (nSPS) is 20.0. The topological polar surface area (TPSA) is 38.0 Å². The third-order valence-corrected chi connectivity index (χ3v) is 3.45. The highest BCUT2D eigenvalue weighted by molar-refractivity contribution is 9.10. The summed E-state index contributed by atoms with van der Waals surface area (Å²) >= 11 is 3.35. The Morgan fingerprint density at radius 2 is 2.20 bits per heavy atom. The van der Waals surface area contributed by atoms with E-state index in [-0.39, 0.29) is 17.4 Å². The molecule has 4 heteroatoms. The first kappa shape index (κ1) is 11.0. The Hall–Kier alpha value is -0.450. The van der Waals surface area contributed by atoms with Crippen LogP contribution in [0.2, 0.25) is 0 Å². The molecule has 1 aromatic rings. The van der Waals surface area contributed by atoms with E-state index in [0.29, 0.717) is 5.56 Å². The average molecular weight is 273 g/mol. The van der Waals surface area contributed by atoms with Crippen molar-refractivity contribution in [3.05, 3.63) is 34.1 Å². The Kier molecular flexibility index (Phi) is 2.83. The van der Waals surface area contributed by atoms with E-state index in [1.165, 1.54) is 6.07 Å². The molecule has 0 spiro atoms. The minimum Gasteiger partial charge on any atom is -0.323 e. The molecule has 0 aromatic heterocycles. The van der Waals surface area contributed by atoms with Gasteiger partial charge in [-0.05, 0) is 38.1 Å². The Morgan fingerprint density at radius 1 is 1.53 bits per heavy atom.